The molecule has 0 unspecified atom stereocenters. The summed E-state index contributed by atoms with van der Waals surface area (Å²) in [7, 11) is 0. The van der Waals surface area contributed by atoms with Crippen LogP contribution < -0.4 is 0 Å². The first-order chi connectivity index (χ1) is 7.75. The van der Waals surface area contributed by atoms with Gasteiger partial charge in [-0.05, 0) is 38.8 Å². The number of rotatable bonds is 2. The van der Waals surface area contributed by atoms with Gasteiger partial charge in [0.15, 0.2) is 0 Å². The molecule has 0 bridgehead atoms. The van der Waals surface area contributed by atoms with Crippen molar-refractivity contribution in [2.75, 3.05) is 26.2 Å². The summed E-state index contributed by atoms with van der Waals surface area (Å²) >= 11 is 0. The maximum atomic E-state index is 10.8. The zero-order valence-electron chi connectivity index (χ0n) is 10.2. The molecule has 0 N–H and O–H groups in total. The third-order valence-corrected chi connectivity index (χ3v) is 3.59. The van der Waals surface area contributed by atoms with Gasteiger partial charge in [0.1, 0.15) is 0 Å². The van der Waals surface area contributed by atoms with E-state index < -0.39 is 0 Å². The second-order valence-electron chi connectivity index (χ2n) is 4.84. The van der Waals surface area contributed by atoms with E-state index in [0.717, 1.165) is 25.9 Å². The molecular weight excluding hydrogens is 204 g/mol. The summed E-state index contributed by atoms with van der Waals surface area (Å²) in [5, 5.41) is 1.81. The van der Waals surface area contributed by atoms with Gasteiger partial charge in [-0.3, -0.25) is 4.79 Å². The molecule has 2 aliphatic rings. The molecule has 2 heterocycles. The van der Waals surface area contributed by atoms with Gasteiger partial charge < -0.3 is 9.74 Å². The Morgan fingerprint density at radius 1 is 1.06 bits per heavy atom. The second-order valence-corrected chi connectivity index (χ2v) is 4.84. The Kier molecular flexibility index (Phi) is 4.18. The number of nitrogens with zero attached hydrogens (tertiary/aromatic N) is 2. The van der Waals surface area contributed by atoms with Crippen molar-refractivity contribution in [2.45, 2.75) is 45.1 Å². The van der Waals surface area contributed by atoms with Crippen LogP contribution in [-0.2, 0) is 9.63 Å². The Balaban J connectivity index is 1.73. The number of hydroxylamine groups is 2. The van der Waals surface area contributed by atoms with Crippen LogP contribution >= 0.6 is 0 Å². The fraction of sp³-hybridized carbons (Fsp3) is 0.917. The molecular formula is C12H22N2O2. The van der Waals surface area contributed by atoms with Crippen LogP contribution in [0.15, 0.2) is 0 Å². The molecule has 0 aromatic heterocycles. The molecule has 0 aliphatic carbocycles. The van der Waals surface area contributed by atoms with E-state index in [1.807, 2.05) is 5.06 Å². The molecule has 4 heteroatoms. The lowest BCUT2D eigenvalue weighted by Crippen LogP contribution is -2.46. The Bertz CT molecular complexity index is 231. The van der Waals surface area contributed by atoms with Gasteiger partial charge in [0.25, 0.3) is 0 Å². The van der Waals surface area contributed by atoms with E-state index in [2.05, 4.69) is 4.90 Å². The highest BCUT2D eigenvalue weighted by Gasteiger charge is 2.26. The predicted octanol–water partition coefficient (Wildman–Crippen LogP) is 1.41. The average Bonchev–Trinajstić information content (AvgIpc) is 2.30. The third-order valence-electron chi connectivity index (χ3n) is 3.59. The van der Waals surface area contributed by atoms with E-state index in [9.17, 15) is 4.79 Å². The first kappa shape index (κ1) is 11.9. The van der Waals surface area contributed by atoms with Gasteiger partial charge >= 0.3 is 5.97 Å². The molecule has 2 aliphatic heterocycles. The topological polar surface area (TPSA) is 32.8 Å². The first-order valence-corrected chi connectivity index (χ1v) is 6.43. The zero-order chi connectivity index (χ0) is 11.4. The van der Waals surface area contributed by atoms with Crippen molar-refractivity contribution in [3.8, 4) is 0 Å². The predicted molar refractivity (Wildman–Crippen MR) is 61.8 cm³/mol. The molecule has 0 amide bonds. The van der Waals surface area contributed by atoms with Crippen molar-refractivity contribution in [2.24, 2.45) is 0 Å². The highest BCUT2D eigenvalue weighted by Crippen LogP contribution is 2.20. The van der Waals surface area contributed by atoms with Crippen molar-refractivity contribution in [1.82, 2.24) is 9.96 Å². The van der Waals surface area contributed by atoms with Gasteiger partial charge in [-0.25, -0.2) is 0 Å². The number of piperidine rings is 2. The minimum atomic E-state index is -0.198. The third kappa shape index (κ3) is 3.19. The minimum absolute atomic E-state index is 0.198. The van der Waals surface area contributed by atoms with Gasteiger partial charge in [-0.2, -0.15) is 0 Å². The average molecular weight is 226 g/mol. The largest absolute Gasteiger partial charge is 0.368 e. The SMILES string of the molecule is CC(=O)ON1CCC(N2CCCCC2)CC1. The maximum Gasteiger partial charge on any atom is 0.322 e. The standard InChI is InChI=1S/C12H22N2O2/c1-11(15)16-14-9-5-12(6-10-14)13-7-3-2-4-8-13/h12H,2-10H2,1H3. The molecule has 0 spiro atoms. The van der Waals surface area contributed by atoms with Crippen LogP contribution in [0.5, 0.6) is 0 Å². The van der Waals surface area contributed by atoms with Crippen LogP contribution in [0.1, 0.15) is 39.0 Å². The van der Waals surface area contributed by atoms with Gasteiger partial charge in [0.05, 0.1) is 0 Å². The fourth-order valence-corrected chi connectivity index (χ4v) is 2.76. The summed E-state index contributed by atoms with van der Waals surface area (Å²) in [6.45, 7) is 5.77. The summed E-state index contributed by atoms with van der Waals surface area (Å²) < 4.78 is 0. The first-order valence-electron chi connectivity index (χ1n) is 6.43. The molecule has 0 atom stereocenters. The number of hydrogen-bond donors (Lipinski definition) is 0. The van der Waals surface area contributed by atoms with E-state index in [1.54, 1.807) is 0 Å². The quantitative estimate of drug-likeness (QED) is 0.713. The van der Waals surface area contributed by atoms with E-state index >= 15 is 0 Å². The van der Waals surface area contributed by atoms with Gasteiger partial charge in [-0.1, -0.05) is 6.42 Å². The van der Waals surface area contributed by atoms with Crippen LogP contribution in [-0.4, -0.2) is 48.2 Å². The fourth-order valence-electron chi connectivity index (χ4n) is 2.76. The van der Waals surface area contributed by atoms with Crippen molar-refractivity contribution < 1.29 is 9.63 Å². The van der Waals surface area contributed by atoms with Crippen LogP contribution in [0.25, 0.3) is 0 Å². The van der Waals surface area contributed by atoms with E-state index in [1.165, 1.54) is 39.3 Å². The van der Waals surface area contributed by atoms with E-state index in [4.69, 9.17) is 4.84 Å². The van der Waals surface area contributed by atoms with Gasteiger partial charge in [0.2, 0.25) is 0 Å². The summed E-state index contributed by atoms with van der Waals surface area (Å²) in [6.07, 6.45) is 6.36. The molecule has 0 radical (unpaired) electrons. The van der Waals surface area contributed by atoms with Gasteiger partial charge in [-0.15, -0.1) is 5.06 Å². The van der Waals surface area contributed by atoms with Crippen LogP contribution in [0.2, 0.25) is 0 Å². The summed E-state index contributed by atoms with van der Waals surface area (Å²) in [5.41, 5.74) is 0. The lowest BCUT2D eigenvalue weighted by molar-refractivity contribution is -0.194. The molecule has 2 saturated heterocycles. The lowest BCUT2D eigenvalue weighted by Gasteiger charge is -2.39. The smallest absolute Gasteiger partial charge is 0.322 e. The Hall–Kier alpha value is -0.610. The van der Waals surface area contributed by atoms with Crippen molar-refractivity contribution in [1.29, 1.82) is 0 Å². The summed E-state index contributed by atoms with van der Waals surface area (Å²) in [5.74, 6) is -0.198. The van der Waals surface area contributed by atoms with Crippen molar-refractivity contribution >= 4 is 5.97 Å². The second kappa shape index (κ2) is 5.64. The monoisotopic (exact) mass is 226 g/mol. The minimum Gasteiger partial charge on any atom is -0.368 e. The molecule has 16 heavy (non-hydrogen) atoms. The number of carbonyl (C=O) groups excluding carboxylic acids is 1. The van der Waals surface area contributed by atoms with Crippen LogP contribution in [0.3, 0.4) is 0 Å². The summed E-state index contributed by atoms with van der Waals surface area (Å²) in [4.78, 5) is 18.5. The molecule has 2 fully saturated rings. The van der Waals surface area contributed by atoms with Crippen LogP contribution in [0, 0.1) is 0 Å². The molecule has 4 nitrogen and oxygen atoms in total. The van der Waals surface area contributed by atoms with Crippen molar-refractivity contribution in [3.63, 3.8) is 0 Å². The lowest BCUT2D eigenvalue weighted by atomic mass is 10.0. The number of likely N-dealkylation sites (tertiary alicyclic amines) is 1. The molecule has 0 saturated carbocycles. The highest BCUT2D eigenvalue weighted by molar-refractivity contribution is 5.65. The number of hydrogen-bond acceptors (Lipinski definition) is 4. The maximum absolute atomic E-state index is 10.8. The molecule has 92 valence electrons. The Morgan fingerprint density at radius 3 is 2.25 bits per heavy atom. The van der Waals surface area contributed by atoms with Gasteiger partial charge in [0, 0.05) is 26.1 Å². The number of carbonyl (C=O) groups is 1. The molecule has 0 aromatic carbocycles. The van der Waals surface area contributed by atoms with E-state index in [-0.39, 0.29) is 5.97 Å². The molecule has 0 aromatic rings. The van der Waals surface area contributed by atoms with Crippen LogP contribution in [0.4, 0.5) is 0 Å². The van der Waals surface area contributed by atoms with Crippen molar-refractivity contribution in [3.05, 3.63) is 0 Å². The summed E-state index contributed by atoms with van der Waals surface area (Å²) in [6, 6.07) is 0.715. The Labute approximate surface area is 97.5 Å². The highest BCUT2D eigenvalue weighted by atomic mass is 16.7. The molecule has 2 rings (SSSR count). The van der Waals surface area contributed by atoms with E-state index in [0.29, 0.717) is 6.04 Å². The zero-order valence-corrected chi connectivity index (χ0v) is 10.2. The Morgan fingerprint density at radius 2 is 1.69 bits per heavy atom. The normalized spacial score (nSPS) is 25.6.